The number of hydrogen-bond acceptors (Lipinski definition) is 4. The molecule has 5 atom stereocenters. The first-order valence-corrected chi connectivity index (χ1v) is 3.73. The van der Waals surface area contributed by atoms with Crippen LogP contribution in [0.3, 0.4) is 0 Å². The predicted octanol–water partition coefficient (Wildman–Crippen LogP) is -1.12. The van der Waals surface area contributed by atoms with Gasteiger partial charge in [-0.2, -0.15) is 0 Å². The molecule has 1 aliphatic rings. The first-order chi connectivity index (χ1) is 5.04. The monoisotopic (exact) mass is 162 g/mol. The number of aliphatic hydroxyl groups excluding tert-OH is 3. The fourth-order valence-corrected chi connectivity index (χ4v) is 1.28. The lowest BCUT2D eigenvalue weighted by molar-refractivity contribution is -0.0546. The van der Waals surface area contributed by atoms with Crippen LogP contribution in [-0.4, -0.2) is 45.8 Å². The maximum atomic E-state index is 9.26. The van der Waals surface area contributed by atoms with Gasteiger partial charge < -0.3 is 20.1 Å². The Balaban J connectivity index is 2.59. The fourth-order valence-electron chi connectivity index (χ4n) is 1.28. The van der Waals surface area contributed by atoms with Crippen LogP contribution in [0.15, 0.2) is 0 Å². The van der Waals surface area contributed by atoms with E-state index in [1.165, 1.54) is 6.92 Å². The van der Waals surface area contributed by atoms with Gasteiger partial charge in [0.15, 0.2) is 0 Å². The maximum Gasteiger partial charge on any atom is 0.112 e. The lowest BCUT2D eigenvalue weighted by Crippen LogP contribution is -2.37. The van der Waals surface area contributed by atoms with E-state index in [1.807, 2.05) is 0 Å². The Morgan fingerprint density at radius 1 is 1.27 bits per heavy atom. The van der Waals surface area contributed by atoms with Gasteiger partial charge in [-0.25, -0.2) is 0 Å². The zero-order valence-corrected chi connectivity index (χ0v) is 6.64. The van der Waals surface area contributed by atoms with Crippen LogP contribution in [0.2, 0.25) is 0 Å². The first kappa shape index (κ1) is 8.93. The van der Waals surface area contributed by atoms with Gasteiger partial charge in [-0.05, 0) is 13.8 Å². The van der Waals surface area contributed by atoms with Crippen LogP contribution in [0.25, 0.3) is 0 Å². The molecule has 4 heteroatoms. The van der Waals surface area contributed by atoms with E-state index in [2.05, 4.69) is 0 Å². The highest BCUT2D eigenvalue weighted by Crippen LogP contribution is 2.22. The van der Waals surface area contributed by atoms with Crippen molar-refractivity contribution in [3.8, 4) is 0 Å². The summed E-state index contributed by atoms with van der Waals surface area (Å²) < 4.78 is 5.10. The minimum atomic E-state index is -0.968. The third-order valence-corrected chi connectivity index (χ3v) is 2.01. The van der Waals surface area contributed by atoms with Crippen LogP contribution in [-0.2, 0) is 4.74 Å². The lowest BCUT2D eigenvalue weighted by Gasteiger charge is -2.16. The Morgan fingerprint density at radius 3 is 2.00 bits per heavy atom. The van der Waals surface area contributed by atoms with Crippen molar-refractivity contribution in [2.24, 2.45) is 0 Å². The van der Waals surface area contributed by atoms with Gasteiger partial charge >= 0.3 is 0 Å². The second-order valence-corrected chi connectivity index (χ2v) is 3.03. The van der Waals surface area contributed by atoms with Crippen LogP contribution in [0.4, 0.5) is 0 Å². The molecule has 0 bridgehead atoms. The van der Waals surface area contributed by atoms with Crippen LogP contribution in [0.5, 0.6) is 0 Å². The molecule has 5 unspecified atom stereocenters. The summed E-state index contributed by atoms with van der Waals surface area (Å²) in [4.78, 5) is 0. The van der Waals surface area contributed by atoms with Gasteiger partial charge in [0.25, 0.3) is 0 Å². The molecule has 0 aromatic rings. The Morgan fingerprint density at radius 2 is 1.82 bits per heavy atom. The third kappa shape index (κ3) is 1.54. The summed E-state index contributed by atoms with van der Waals surface area (Å²) in [5, 5.41) is 27.5. The second kappa shape index (κ2) is 3.06. The number of hydrogen-bond donors (Lipinski definition) is 3. The van der Waals surface area contributed by atoms with E-state index < -0.39 is 30.5 Å². The Kier molecular flexibility index (Phi) is 2.49. The van der Waals surface area contributed by atoms with Crippen molar-refractivity contribution >= 4 is 0 Å². The molecule has 0 aromatic carbocycles. The number of ether oxygens (including phenoxy) is 1. The molecule has 1 rings (SSSR count). The molecule has 4 nitrogen and oxygen atoms in total. The molecule has 0 aliphatic carbocycles. The quantitative estimate of drug-likeness (QED) is 0.456. The van der Waals surface area contributed by atoms with Crippen LogP contribution in [0.1, 0.15) is 13.8 Å². The standard InChI is InChI=1S/C7H14O4/c1-3(8)7-6(10)5(9)4(2)11-7/h3-10H,1-2H3. The molecule has 1 aliphatic heterocycles. The van der Waals surface area contributed by atoms with Crippen molar-refractivity contribution in [3.05, 3.63) is 0 Å². The summed E-state index contributed by atoms with van der Waals surface area (Å²) in [6.07, 6.45) is -3.64. The van der Waals surface area contributed by atoms with E-state index in [0.29, 0.717) is 0 Å². The average Bonchev–Trinajstić information content (AvgIpc) is 2.17. The Bertz CT molecular complexity index is 136. The van der Waals surface area contributed by atoms with Gasteiger partial charge in [0.1, 0.15) is 18.3 Å². The minimum absolute atomic E-state index is 0.399. The summed E-state index contributed by atoms with van der Waals surface area (Å²) in [5.74, 6) is 0. The van der Waals surface area contributed by atoms with Crippen molar-refractivity contribution in [2.45, 2.75) is 44.4 Å². The first-order valence-electron chi connectivity index (χ1n) is 3.73. The summed E-state index contributed by atoms with van der Waals surface area (Å²) in [5.41, 5.74) is 0. The molecule has 66 valence electrons. The van der Waals surface area contributed by atoms with E-state index in [-0.39, 0.29) is 0 Å². The molecule has 1 saturated heterocycles. The van der Waals surface area contributed by atoms with Crippen molar-refractivity contribution in [1.82, 2.24) is 0 Å². The van der Waals surface area contributed by atoms with Gasteiger partial charge in [-0.15, -0.1) is 0 Å². The zero-order chi connectivity index (χ0) is 8.59. The number of rotatable bonds is 1. The van der Waals surface area contributed by atoms with Gasteiger partial charge in [-0.3, -0.25) is 0 Å². The summed E-state index contributed by atoms with van der Waals surface area (Å²) >= 11 is 0. The summed E-state index contributed by atoms with van der Waals surface area (Å²) in [6, 6.07) is 0. The van der Waals surface area contributed by atoms with E-state index in [1.54, 1.807) is 6.92 Å². The molecule has 0 amide bonds. The van der Waals surface area contributed by atoms with Crippen LogP contribution < -0.4 is 0 Å². The van der Waals surface area contributed by atoms with Crippen molar-refractivity contribution < 1.29 is 20.1 Å². The zero-order valence-electron chi connectivity index (χ0n) is 6.64. The molecule has 0 radical (unpaired) electrons. The molecular weight excluding hydrogens is 148 g/mol. The van der Waals surface area contributed by atoms with Gasteiger partial charge in [-0.1, -0.05) is 0 Å². The Labute approximate surface area is 65.4 Å². The highest BCUT2D eigenvalue weighted by molar-refractivity contribution is 4.90. The van der Waals surface area contributed by atoms with E-state index >= 15 is 0 Å². The van der Waals surface area contributed by atoms with E-state index in [9.17, 15) is 10.2 Å². The van der Waals surface area contributed by atoms with Crippen LogP contribution >= 0.6 is 0 Å². The summed E-state index contributed by atoms with van der Waals surface area (Å²) in [7, 11) is 0. The smallest absolute Gasteiger partial charge is 0.112 e. The molecule has 0 saturated carbocycles. The molecule has 1 heterocycles. The Hall–Kier alpha value is -0.160. The minimum Gasteiger partial charge on any atom is -0.391 e. The largest absolute Gasteiger partial charge is 0.391 e. The van der Waals surface area contributed by atoms with Gasteiger partial charge in [0.2, 0.25) is 0 Å². The predicted molar refractivity (Wildman–Crippen MR) is 38.0 cm³/mol. The topological polar surface area (TPSA) is 69.9 Å². The maximum absolute atomic E-state index is 9.26. The van der Waals surface area contributed by atoms with Gasteiger partial charge in [0.05, 0.1) is 12.2 Å². The van der Waals surface area contributed by atoms with Gasteiger partial charge in [0, 0.05) is 0 Å². The van der Waals surface area contributed by atoms with Crippen LogP contribution in [0, 0.1) is 0 Å². The molecule has 3 N–H and O–H groups in total. The van der Waals surface area contributed by atoms with Crippen molar-refractivity contribution in [2.75, 3.05) is 0 Å². The van der Waals surface area contributed by atoms with Crippen molar-refractivity contribution in [1.29, 1.82) is 0 Å². The average molecular weight is 162 g/mol. The molecule has 0 spiro atoms. The third-order valence-electron chi connectivity index (χ3n) is 2.01. The normalized spacial score (nSPS) is 47.7. The molecule has 1 fully saturated rings. The highest BCUT2D eigenvalue weighted by atomic mass is 16.6. The highest BCUT2D eigenvalue weighted by Gasteiger charge is 2.42. The fraction of sp³-hybridized carbons (Fsp3) is 1.00. The second-order valence-electron chi connectivity index (χ2n) is 3.03. The number of aliphatic hydroxyl groups is 3. The molecule has 11 heavy (non-hydrogen) atoms. The van der Waals surface area contributed by atoms with E-state index in [0.717, 1.165) is 0 Å². The lowest BCUT2D eigenvalue weighted by atomic mass is 10.1. The molecular formula is C7H14O4. The van der Waals surface area contributed by atoms with Crippen molar-refractivity contribution in [3.63, 3.8) is 0 Å². The summed E-state index contributed by atoms with van der Waals surface area (Å²) in [6.45, 7) is 3.19. The molecule has 0 aromatic heterocycles. The SMILES string of the molecule is CC(O)C1OC(C)C(O)C1O. The van der Waals surface area contributed by atoms with E-state index in [4.69, 9.17) is 9.84 Å².